The molecule has 1 N–H and O–H groups in total. The van der Waals surface area contributed by atoms with Crippen LogP contribution in [0.15, 0.2) is 36.4 Å². The Kier molecular flexibility index (Phi) is 7.41. The molecule has 0 bridgehead atoms. The van der Waals surface area contributed by atoms with Crippen molar-refractivity contribution in [1.82, 2.24) is 9.21 Å². The van der Waals surface area contributed by atoms with Crippen LogP contribution in [-0.4, -0.2) is 68.3 Å². The van der Waals surface area contributed by atoms with Gasteiger partial charge in [0, 0.05) is 39.6 Å². The largest absolute Gasteiger partial charge is 0.391 e. The second-order valence-electron chi connectivity index (χ2n) is 7.81. The Balaban J connectivity index is 2.09. The maximum atomic E-state index is 12.1. The highest BCUT2D eigenvalue weighted by Crippen LogP contribution is 2.24. The molecule has 26 heavy (non-hydrogen) atoms. The van der Waals surface area contributed by atoms with E-state index in [9.17, 15) is 13.5 Å². The van der Waals surface area contributed by atoms with Crippen molar-refractivity contribution in [2.45, 2.75) is 26.4 Å². The number of aliphatic hydroxyl groups is 1. The molecule has 5 nitrogen and oxygen atoms in total. The number of sulfonamides is 1. The van der Waals surface area contributed by atoms with Crippen molar-refractivity contribution >= 4 is 15.6 Å². The molecule has 1 aromatic rings. The standard InChI is InChI=1S/C20H32N2O3S/c1-16(2)10-11-18(17-8-6-5-7-9-17)12-22-13-19(20(23)14-22)15-26(24,25)21(3)4/h5-9,11,16,19-20,23H,10,12-15H2,1-4H3/t19-,20-/m0/s1. The maximum Gasteiger partial charge on any atom is 0.214 e. The molecule has 6 heteroatoms. The lowest BCUT2D eigenvalue weighted by Gasteiger charge is -2.19. The van der Waals surface area contributed by atoms with Crippen LogP contribution in [0.4, 0.5) is 0 Å². The molecule has 1 aliphatic heterocycles. The molecule has 1 aliphatic rings. The Morgan fingerprint density at radius 3 is 2.50 bits per heavy atom. The van der Waals surface area contributed by atoms with E-state index in [1.165, 1.54) is 29.5 Å². The lowest BCUT2D eigenvalue weighted by atomic mass is 10.0. The zero-order valence-corrected chi connectivity index (χ0v) is 17.1. The van der Waals surface area contributed by atoms with Gasteiger partial charge in [0.1, 0.15) is 0 Å². The summed E-state index contributed by atoms with van der Waals surface area (Å²) >= 11 is 0. The summed E-state index contributed by atoms with van der Waals surface area (Å²) in [6.45, 7) is 6.23. The summed E-state index contributed by atoms with van der Waals surface area (Å²) in [5.74, 6) is 0.328. The van der Waals surface area contributed by atoms with Crippen molar-refractivity contribution in [3.63, 3.8) is 0 Å². The molecular formula is C20H32N2O3S. The molecule has 146 valence electrons. The van der Waals surface area contributed by atoms with Crippen LogP contribution >= 0.6 is 0 Å². The Hall–Kier alpha value is -1.21. The highest BCUT2D eigenvalue weighted by molar-refractivity contribution is 7.89. The molecule has 2 atom stereocenters. The van der Waals surface area contributed by atoms with Gasteiger partial charge in [0.05, 0.1) is 11.9 Å². The van der Waals surface area contributed by atoms with E-state index in [1.54, 1.807) is 0 Å². The Labute approximate surface area is 158 Å². The number of hydrogen-bond acceptors (Lipinski definition) is 4. The van der Waals surface area contributed by atoms with Crippen molar-refractivity contribution in [2.75, 3.05) is 39.5 Å². The first kappa shape index (κ1) is 21.1. The fraction of sp³-hybridized carbons (Fsp3) is 0.600. The Morgan fingerprint density at radius 2 is 1.92 bits per heavy atom. The van der Waals surface area contributed by atoms with Gasteiger partial charge in [0.2, 0.25) is 10.0 Å². The van der Waals surface area contributed by atoms with Crippen LogP contribution in [0.2, 0.25) is 0 Å². The van der Waals surface area contributed by atoms with Crippen LogP contribution in [0, 0.1) is 11.8 Å². The van der Waals surface area contributed by atoms with E-state index in [2.05, 4.69) is 37.0 Å². The fourth-order valence-corrected chi connectivity index (χ4v) is 4.37. The number of benzene rings is 1. The van der Waals surface area contributed by atoms with E-state index >= 15 is 0 Å². The van der Waals surface area contributed by atoms with E-state index < -0.39 is 16.1 Å². The molecule has 0 aliphatic carbocycles. The third kappa shape index (κ3) is 5.91. The van der Waals surface area contributed by atoms with Crippen LogP contribution in [0.5, 0.6) is 0 Å². The van der Waals surface area contributed by atoms with Gasteiger partial charge in [0.25, 0.3) is 0 Å². The third-order valence-corrected chi connectivity index (χ3v) is 6.80. The summed E-state index contributed by atoms with van der Waals surface area (Å²) in [6, 6.07) is 10.3. The van der Waals surface area contributed by atoms with Crippen molar-refractivity contribution < 1.29 is 13.5 Å². The SMILES string of the molecule is CC(C)CC=C(CN1C[C@@H](CS(=O)(=O)N(C)C)[C@@H](O)C1)c1ccccc1. The smallest absolute Gasteiger partial charge is 0.214 e. The number of allylic oxidation sites excluding steroid dienone is 1. The van der Waals surface area contributed by atoms with Gasteiger partial charge in [-0.25, -0.2) is 12.7 Å². The van der Waals surface area contributed by atoms with E-state index in [0.717, 1.165) is 13.0 Å². The van der Waals surface area contributed by atoms with Crippen molar-refractivity contribution in [3.8, 4) is 0 Å². The minimum atomic E-state index is -3.31. The monoisotopic (exact) mass is 380 g/mol. The van der Waals surface area contributed by atoms with Crippen LogP contribution in [0.25, 0.3) is 5.57 Å². The molecule has 1 saturated heterocycles. The van der Waals surface area contributed by atoms with Gasteiger partial charge >= 0.3 is 0 Å². The molecular weight excluding hydrogens is 348 g/mol. The third-order valence-electron chi connectivity index (χ3n) is 4.84. The minimum Gasteiger partial charge on any atom is -0.391 e. The molecule has 1 fully saturated rings. The van der Waals surface area contributed by atoms with E-state index in [0.29, 0.717) is 19.0 Å². The lowest BCUT2D eigenvalue weighted by molar-refractivity contribution is 0.150. The highest BCUT2D eigenvalue weighted by atomic mass is 32.2. The Bertz CT molecular complexity index is 699. The molecule has 0 amide bonds. The number of likely N-dealkylation sites (tertiary alicyclic amines) is 1. The lowest BCUT2D eigenvalue weighted by Crippen LogP contribution is -2.33. The van der Waals surface area contributed by atoms with Crippen LogP contribution in [0.3, 0.4) is 0 Å². The van der Waals surface area contributed by atoms with Crippen molar-refractivity contribution in [3.05, 3.63) is 42.0 Å². The first-order valence-electron chi connectivity index (χ1n) is 9.24. The van der Waals surface area contributed by atoms with Gasteiger partial charge in [-0.05, 0) is 23.5 Å². The average molecular weight is 381 g/mol. The highest BCUT2D eigenvalue weighted by Gasteiger charge is 2.35. The second-order valence-corrected chi connectivity index (χ2v) is 10.0. The zero-order chi connectivity index (χ0) is 19.3. The van der Waals surface area contributed by atoms with Crippen LogP contribution in [0.1, 0.15) is 25.8 Å². The van der Waals surface area contributed by atoms with Gasteiger partial charge < -0.3 is 5.11 Å². The summed E-state index contributed by atoms with van der Waals surface area (Å²) in [4.78, 5) is 2.17. The van der Waals surface area contributed by atoms with E-state index in [-0.39, 0.29) is 11.7 Å². The minimum absolute atomic E-state index is 0.00591. The molecule has 0 radical (unpaired) electrons. The number of aliphatic hydroxyl groups excluding tert-OH is 1. The molecule has 0 saturated carbocycles. The maximum absolute atomic E-state index is 12.1. The summed E-state index contributed by atoms with van der Waals surface area (Å²) < 4.78 is 25.5. The van der Waals surface area contributed by atoms with Gasteiger partial charge in [0.15, 0.2) is 0 Å². The van der Waals surface area contributed by atoms with E-state index in [4.69, 9.17) is 0 Å². The van der Waals surface area contributed by atoms with Crippen molar-refractivity contribution in [1.29, 1.82) is 0 Å². The summed E-state index contributed by atoms with van der Waals surface area (Å²) in [5, 5.41) is 10.4. The number of hydrogen-bond donors (Lipinski definition) is 1. The van der Waals surface area contributed by atoms with Crippen molar-refractivity contribution in [2.24, 2.45) is 11.8 Å². The van der Waals surface area contributed by atoms with Gasteiger partial charge in [-0.3, -0.25) is 4.90 Å². The van der Waals surface area contributed by atoms with Gasteiger partial charge in [-0.1, -0.05) is 50.3 Å². The first-order chi connectivity index (χ1) is 12.2. The Morgan fingerprint density at radius 1 is 1.27 bits per heavy atom. The molecule has 0 unspecified atom stereocenters. The molecule has 1 aromatic carbocycles. The normalized spacial score (nSPS) is 22.5. The summed E-state index contributed by atoms with van der Waals surface area (Å²) in [5.41, 5.74) is 2.43. The summed E-state index contributed by atoms with van der Waals surface area (Å²) in [6.07, 6.45) is 2.67. The van der Waals surface area contributed by atoms with Gasteiger partial charge in [-0.15, -0.1) is 0 Å². The van der Waals surface area contributed by atoms with Gasteiger partial charge in [-0.2, -0.15) is 0 Å². The topological polar surface area (TPSA) is 60.9 Å². The number of nitrogens with zero attached hydrogens (tertiary/aromatic N) is 2. The molecule has 2 rings (SSSR count). The van der Waals surface area contributed by atoms with Crippen LogP contribution in [-0.2, 0) is 10.0 Å². The second kappa shape index (κ2) is 9.13. The predicted molar refractivity (Wildman–Crippen MR) is 107 cm³/mol. The summed E-state index contributed by atoms with van der Waals surface area (Å²) in [7, 11) is -0.231. The van der Waals surface area contributed by atoms with E-state index in [1.807, 2.05) is 18.2 Å². The first-order valence-corrected chi connectivity index (χ1v) is 10.8. The predicted octanol–water partition coefficient (Wildman–Crippen LogP) is 2.30. The quantitative estimate of drug-likeness (QED) is 0.752. The zero-order valence-electron chi connectivity index (χ0n) is 16.3. The number of β-amino-alcohol motifs (C(OH)–C–C–N with tert-alkyl or cyclic N) is 1. The van der Waals surface area contributed by atoms with Crippen LogP contribution < -0.4 is 0 Å². The number of rotatable bonds is 8. The molecule has 0 aromatic heterocycles. The fourth-order valence-electron chi connectivity index (χ4n) is 3.20. The average Bonchev–Trinajstić information content (AvgIpc) is 2.90. The molecule has 1 heterocycles. The molecule has 0 spiro atoms.